The molecule has 0 aliphatic heterocycles. The van der Waals surface area contributed by atoms with E-state index in [0.29, 0.717) is 17.6 Å². The summed E-state index contributed by atoms with van der Waals surface area (Å²) in [5, 5.41) is 20.8. The van der Waals surface area contributed by atoms with Gasteiger partial charge in [0.25, 0.3) is 0 Å². The van der Waals surface area contributed by atoms with Gasteiger partial charge in [-0.2, -0.15) is 0 Å². The molecule has 0 bridgehead atoms. The highest BCUT2D eigenvalue weighted by Gasteiger charge is 2.63. The average Bonchev–Trinajstić information content (AvgIpc) is 2.93. The first-order valence-electron chi connectivity index (χ1n) is 10.6. The zero-order chi connectivity index (χ0) is 17.7. The SMILES string of the molecule is CC[C@]12CC[C@H]3[C@@H](CCC4=CC(=O)CC[C@@H]43)[C@@H]1CC[C@@]2(O)CCCO. The number of carbonyl (C=O) groups excluding carboxylic acids is 1. The molecule has 0 unspecified atom stereocenters. The Morgan fingerprint density at radius 2 is 1.96 bits per heavy atom. The van der Waals surface area contributed by atoms with Crippen LogP contribution in [0.5, 0.6) is 0 Å². The van der Waals surface area contributed by atoms with Crippen molar-refractivity contribution in [2.45, 2.75) is 83.2 Å². The van der Waals surface area contributed by atoms with Gasteiger partial charge < -0.3 is 10.2 Å². The van der Waals surface area contributed by atoms with Gasteiger partial charge in [-0.3, -0.25) is 4.79 Å². The summed E-state index contributed by atoms with van der Waals surface area (Å²) in [6.07, 6.45) is 13.0. The predicted octanol–water partition coefficient (Wildman–Crippen LogP) is 4.02. The number of rotatable bonds is 4. The van der Waals surface area contributed by atoms with Crippen LogP contribution in [0.1, 0.15) is 77.6 Å². The monoisotopic (exact) mass is 346 g/mol. The molecule has 140 valence electrons. The third-order valence-corrected chi connectivity index (χ3v) is 8.68. The fraction of sp³-hybridized carbons (Fsp3) is 0.864. The molecule has 0 radical (unpaired) electrons. The van der Waals surface area contributed by atoms with Crippen molar-refractivity contribution in [1.29, 1.82) is 0 Å². The quantitative estimate of drug-likeness (QED) is 0.808. The van der Waals surface area contributed by atoms with E-state index >= 15 is 0 Å². The Bertz CT molecular complexity index is 568. The molecule has 3 nitrogen and oxygen atoms in total. The fourth-order valence-electron chi connectivity index (χ4n) is 7.62. The second-order valence-corrected chi connectivity index (χ2v) is 9.25. The minimum atomic E-state index is -0.571. The van der Waals surface area contributed by atoms with E-state index in [1.807, 2.05) is 6.08 Å². The zero-order valence-electron chi connectivity index (χ0n) is 15.7. The van der Waals surface area contributed by atoms with E-state index in [0.717, 1.165) is 69.6 Å². The van der Waals surface area contributed by atoms with Gasteiger partial charge in [0.2, 0.25) is 0 Å². The fourth-order valence-corrected chi connectivity index (χ4v) is 7.62. The van der Waals surface area contributed by atoms with Crippen LogP contribution in [0.4, 0.5) is 0 Å². The maximum atomic E-state index is 11.8. The summed E-state index contributed by atoms with van der Waals surface area (Å²) in [6, 6.07) is 0. The first-order valence-corrected chi connectivity index (χ1v) is 10.6. The van der Waals surface area contributed by atoms with Crippen molar-refractivity contribution in [3.63, 3.8) is 0 Å². The van der Waals surface area contributed by atoms with Gasteiger partial charge in [0.1, 0.15) is 0 Å². The molecule has 3 heteroatoms. The lowest BCUT2D eigenvalue weighted by atomic mass is 9.49. The van der Waals surface area contributed by atoms with Crippen molar-refractivity contribution in [3.05, 3.63) is 11.6 Å². The second-order valence-electron chi connectivity index (χ2n) is 9.25. The molecule has 0 heterocycles. The topological polar surface area (TPSA) is 57.5 Å². The molecule has 4 rings (SSSR count). The molecule has 4 aliphatic carbocycles. The molecule has 0 aromatic carbocycles. The summed E-state index contributed by atoms with van der Waals surface area (Å²) in [5.74, 6) is 3.07. The zero-order valence-corrected chi connectivity index (χ0v) is 15.7. The predicted molar refractivity (Wildman–Crippen MR) is 98.0 cm³/mol. The van der Waals surface area contributed by atoms with Gasteiger partial charge in [-0.1, -0.05) is 12.5 Å². The summed E-state index contributed by atoms with van der Waals surface area (Å²) in [7, 11) is 0. The van der Waals surface area contributed by atoms with Crippen molar-refractivity contribution in [2.24, 2.45) is 29.1 Å². The lowest BCUT2D eigenvalue weighted by Gasteiger charge is -2.57. The Labute approximate surface area is 151 Å². The van der Waals surface area contributed by atoms with Crippen LogP contribution in [0, 0.1) is 29.1 Å². The third-order valence-electron chi connectivity index (χ3n) is 8.68. The van der Waals surface area contributed by atoms with Crippen molar-refractivity contribution in [1.82, 2.24) is 0 Å². The Kier molecular flexibility index (Phi) is 4.60. The van der Waals surface area contributed by atoms with Gasteiger partial charge in [-0.15, -0.1) is 0 Å². The van der Waals surface area contributed by atoms with E-state index < -0.39 is 5.60 Å². The minimum absolute atomic E-state index is 0.0645. The molecule has 0 amide bonds. The molecule has 0 aromatic rings. The van der Waals surface area contributed by atoms with E-state index in [1.54, 1.807) is 0 Å². The normalized spacial score (nSPS) is 46.2. The first-order chi connectivity index (χ1) is 12.0. The van der Waals surface area contributed by atoms with Gasteiger partial charge in [-0.05, 0) is 94.0 Å². The summed E-state index contributed by atoms with van der Waals surface area (Å²) in [4.78, 5) is 11.8. The van der Waals surface area contributed by atoms with Crippen LogP contribution in [-0.4, -0.2) is 28.2 Å². The number of carbonyl (C=O) groups is 1. The van der Waals surface area contributed by atoms with Gasteiger partial charge in [0.05, 0.1) is 5.60 Å². The van der Waals surface area contributed by atoms with Crippen LogP contribution in [0.25, 0.3) is 0 Å². The van der Waals surface area contributed by atoms with Crippen molar-refractivity contribution in [3.8, 4) is 0 Å². The number of hydrogen-bond acceptors (Lipinski definition) is 3. The summed E-state index contributed by atoms with van der Waals surface area (Å²) < 4.78 is 0. The average molecular weight is 347 g/mol. The number of aliphatic hydroxyl groups excluding tert-OH is 1. The molecule has 4 aliphatic rings. The molecule has 2 N–H and O–H groups in total. The molecule has 3 fully saturated rings. The van der Waals surface area contributed by atoms with Gasteiger partial charge >= 0.3 is 0 Å². The molecule has 3 saturated carbocycles. The van der Waals surface area contributed by atoms with Crippen molar-refractivity contribution in [2.75, 3.05) is 6.61 Å². The standard InChI is InChI=1S/C22H34O3/c1-2-21-11-8-18-17-7-5-16(24)14-15(17)4-6-19(18)20(21)9-12-22(21,25)10-3-13-23/h14,17-20,23,25H,2-13H2,1H3/t17-,18+,19+,20-,21-,22-/m0/s1. The Morgan fingerprint density at radius 1 is 1.12 bits per heavy atom. The highest BCUT2D eigenvalue weighted by molar-refractivity contribution is 5.91. The van der Waals surface area contributed by atoms with Crippen LogP contribution in [0.3, 0.4) is 0 Å². The lowest BCUT2D eigenvalue weighted by molar-refractivity contribution is -0.136. The van der Waals surface area contributed by atoms with Crippen molar-refractivity contribution >= 4 is 5.78 Å². The number of allylic oxidation sites excluding steroid dienone is 1. The summed E-state index contributed by atoms with van der Waals surface area (Å²) in [6.45, 7) is 2.46. The molecule has 0 aromatic heterocycles. The van der Waals surface area contributed by atoms with E-state index in [9.17, 15) is 15.0 Å². The Morgan fingerprint density at radius 3 is 2.72 bits per heavy atom. The van der Waals surface area contributed by atoms with Gasteiger partial charge in [0, 0.05) is 18.4 Å². The molecule has 0 saturated heterocycles. The smallest absolute Gasteiger partial charge is 0.155 e. The number of ketones is 1. The van der Waals surface area contributed by atoms with Gasteiger partial charge in [0.15, 0.2) is 5.78 Å². The molecular formula is C22H34O3. The maximum absolute atomic E-state index is 11.8. The van der Waals surface area contributed by atoms with E-state index in [-0.39, 0.29) is 12.0 Å². The third kappa shape index (κ3) is 2.56. The van der Waals surface area contributed by atoms with E-state index in [1.165, 1.54) is 18.4 Å². The highest BCUT2D eigenvalue weighted by atomic mass is 16.3. The Hall–Kier alpha value is -0.670. The molecule has 25 heavy (non-hydrogen) atoms. The largest absolute Gasteiger partial charge is 0.396 e. The summed E-state index contributed by atoms with van der Waals surface area (Å²) >= 11 is 0. The lowest BCUT2D eigenvalue weighted by Crippen LogP contribution is -2.54. The van der Waals surface area contributed by atoms with Crippen LogP contribution in [0.15, 0.2) is 11.6 Å². The maximum Gasteiger partial charge on any atom is 0.155 e. The summed E-state index contributed by atoms with van der Waals surface area (Å²) in [5.41, 5.74) is 0.934. The van der Waals surface area contributed by atoms with Crippen molar-refractivity contribution < 1.29 is 15.0 Å². The number of hydrogen-bond donors (Lipinski definition) is 2. The van der Waals surface area contributed by atoms with E-state index in [2.05, 4.69) is 6.92 Å². The molecule has 6 atom stereocenters. The minimum Gasteiger partial charge on any atom is -0.396 e. The first kappa shape index (κ1) is 17.7. The number of fused-ring (bicyclic) bond motifs is 5. The van der Waals surface area contributed by atoms with Crippen LogP contribution in [-0.2, 0) is 4.79 Å². The second kappa shape index (κ2) is 6.49. The van der Waals surface area contributed by atoms with Crippen LogP contribution >= 0.6 is 0 Å². The Balaban J connectivity index is 1.61. The molecule has 0 spiro atoms. The van der Waals surface area contributed by atoms with E-state index in [4.69, 9.17) is 0 Å². The highest BCUT2D eigenvalue weighted by Crippen LogP contribution is 2.67. The van der Waals surface area contributed by atoms with Gasteiger partial charge in [-0.25, -0.2) is 0 Å². The molecular weight excluding hydrogens is 312 g/mol. The number of aliphatic hydroxyl groups is 2. The van der Waals surface area contributed by atoms with Crippen LogP contribution in [0.2, 0.25) is 0 Å². The van der Waals surface area contributed by atoms with Crippen LogP contribution < -0.4 is 0 Å².